The smallest absolute Gasteiger partial charge is 0.191 e. The van der Waals surface area contributed by atoms with E-state index >= 15 is 0 Å². The highest BCUT2D eigenvalue weighted by molar-refractivity contribution is 14.0. The van der Waals surface area contributed by atoms with Gasteiger partial charge in [-0.25, -0.2) is 9.98 Å². The van der Waals surface area contributed by atoms with Crippen molar-refractivity contribution >= 4 is 29.9 Å². The number of ether oxygens (including phenoxy) is 1. The molecule has 0 unspecified atom stereocenters. The van der Waals surface area contributed by atoms with E-state index in [0.29, 0.717) is 13.1 Å². The van der Waals surface area contributed by atoms with Crippen LogP contribution in [0.3, 0.4) is 0 Å². The van der Waals surface area contributed by atoms with Crippen LogP contribution in [0.1, 0.15) is 31.7 Å². The number of benzene rings is 1. The second kappa shape index (κ2) is 11.7. The summed E-state index contributed by atoms with van der Waals surface area (Å²) in [6.45, 7) is 6.82. The van der Waals surface area contributed by atoms with Crippen molar-refractivity contribution in [3.8, 4) is 5.75 Å². The van der Waals surface area contributed by atoms with Gasteiger partial charge >= 0.3 is 0 Å². The Hall–Kier alpha value is -1.84. The summed E-state index contributed by atoms with van der Waals surface area (Å²) < 4.78 is 7.40. The number of aliphatic imine (C=N–C) groups is 1. The summed E-state index contributed by atoms with van der Waals surface area (Å²) in [4.78, 5) is 8.81. The average molecular weight is 458 g/mol. The highest BCUT2D eigenvalue weighted by Crippen LogP contribution is 2.14. The first-order valence-electron chi connectivity index (χ1n) is 8.29. The molecule has 8 heteroatoms. The number of rotatable bonds is 8. The van der Waals surface area contributed by atoms with Crippen LogP contribution in [0.5, 0.6) is 5.75 Å². The predicted molar refractivity (Wildman–Crippen MR) is 110 cm³/mol. The van der Waals surface area contributed by atoms with E-state index in [1.165, 1.54) is 0 Å². The molecule has 138 valence electrons. The molecule has 0 aliphatic heterocycles. The van der Waals surface area contributed by atoms with E-state index < -0.39 is 0 Å². The molecule has 2 rings (SSSR count). The lowest BCUT2D eigenvalue weighted by atomic mass is 10.2. The second-order valence-corrected chi connectivity index (χ2v) is 5.34. The summed E-state index contributed by atoms with van der Waals surface area (Å²) >= 11 is 0. The topological polar surface area (TPSA) is 76.4 Å². The minimum absolute atomic E-state index is 0. The van der Waals surface area contributed by atoms with Crippen LogP contribution < -0.4 is 15.4 Å². The molecule has 1 aromatic heterocycles. The van der Waals surface area contributed by atoms with E-state index in [4.69, 9.17) is 4.74 Å². The highest BCUT2D eigenvalue weighted by atomic mass is 127. The molecule has 0 saturated carbocycles. The molecule has 0 fully saturated rings. The molecule has 0 bridgehead atoms. The van der Waals surface area contributed by atoms with Gasteiger partial charge in [0.2, 0.25) is 0 Å². The number of halogens is 1. The maximum atomic E-state index is 5.66. The molecule has 0 spiro atoms. The maximum absolute atomic E-state index is 5.66. The Morgan fingerprint density at radius 2 is 2.12 bits per heavy atom. The fourth-order valence-electron chi connectivity index (χ4n) is 2.11. The van der Waals surface area contributed by atoms with Gasteiger partial charge in [-0.1, -0.05) is 19.1 Å². The Kier molecular flexibility index (Phi) is 9.90. The van der Waals surface area contributed by atoms with Gasteiger partial charge in [-0.3, -0.25) is 4.68 Å². The average Bonchev–Trinajstić information content (AvgIpc) is 3.01. The zero-order chi connectivity index (χ0) is 17.2. The van der Waals surface area contributed by atoms with E-state index in [1.54, 1.807) is 11.0 Å². The van der Waals surface area contributed by atoms with Crippen LogP contribution in [-0.4, -0.2) is 33.9 Å². The summed E-state index contributed by atoms with van der Waals surface area (Å²) in [6.07, 6.45) is 2.54. The van der Waals surface area contributed by atoms with Gasteiger partial charge in [-0.15, -0.1) is 24.0 Å². The van der Waals surface area contributed by atoms with Gasteiger partial charge in [0.1, 0.15) is 17.9 Å². The van der Waals surface area contributed by atoms with Crippen molar-refractivity contribution in [3.63, 3.8) is 0 Å². The van der Waals surface area contributed by atoms with E-state index in [-0.39, 0.29) is 24.0 Å². The van der Waals surface area contributed by atoms with Gasteiger partial charge in [0.25, 0.3) is 0 Å². The van der Waals surface area contributed by atoms with Crippen LogP contribution in [0.25, 0.3) is 0 Å². The lowest BCUT2D eigenvalue weighted by Crippen LogP contribution is -2.37. The van der Waals surface area contributed by atoms with Crippen LogP contribution >= 0.6 is 24.0 Å². The number of aromatic nitrogens is 3. The lowest BCUT2D eigenvalue weighted by Gasteiger charge is -2.11. The minimum atomic E-state index is 0. The van der Waals surface area contributed by atoms with Crippen molar-refractivity contribution in [2.24, 2.45) is 12.0 Å². The first-order chi connectivity index (χ1) is 11.7. The van der Waals surface area contributed by atoms with Gasteiger partial charge in [0, 0.05) is 13.6 Å². The zero-order valence-electron chi connectivity index (χ0n) is 15.0. The first kappa shape index (κ1) is 21.2. The molecule has 1 heterocycles. The normalized spacial score (nSPS) is 10.9. The molecule has 0 aliphatic rings. The second-order valence-electron chi connectivity index (χ2n) is 5.34. The highest BCUT2D eigenvalue weighted by Gasteiger charge is 2.03. The fraction of sp³-hybridized carbons (Fsp3) is 0.471. The van der Waals surface area contributed by atoms with Crippen molar-refractivity contribution in [3.05, 3.63) is 42.0 Å². The van der Waals surface area contributed by atoms with Crippen LogP contribution in [-0.2, 0) is 20.1 Å². The third kappa shape index (κ3) is 7.29. The third-order valence-electron chi connectivity index (χ3n) is 3.35. The molecule has 0 aliphatic carbocycles. The summed E-state index contributed by atoms with van der Waals surface area (Å²) in [5.74, 6) is 2.50. The Labute approximate surface area is 166 Å². The van der Waals surface area contributed by atoms with Crippen molar-refractivity contribution in [1.82, 2.24) is 25.4 Å². The number of guanidine groups is 1. The number of nitrogens with one attached hydrogen (secondary N) is 2. The Morgan fingerprint density at radius 1 is 1.28 bits per heavy atom. The molecule has 0 radical (unpaired) electrons. The molecule has 0 atom stereocenters. The van der Waals surface area contributed by atoms with Gasteiger partial charge in [-0.2, -0.15) is 5.10 Å². The van der Waals surface area contributed by atoms with Gasteiger partial charge in [0.15, 0.2) is 5.96 Å². The van der Waals surface area contributed by atoms with E-state index in [0.717, 1.165) is 42.7 Å². The van der Waals surface area contributed by atoms with E-state index in [1.807, 2.05) is 32.2 Å². The zero-order valence-corrected chi connectivity index (χ0v) is 17.4. The summed E-state index contributed by atoms with van der Waals surface area (Å²) in [5, 5.41) is 10.6. The molecule has 2 aromatic rings. The molecule has 0 amide bonds. The molecule has 0 saturated heterocycles. The van der Waals surface area contributed by atoms with Crippen molar-refractivity contribution in [2.45, 2.75) is 33.4 Å². The Balaban J connectivity index is 0.00000312. The number of nitrogens with zero attached hydrogens (tertiary/aromatic N) is 4. The third-order valence-corrected chi connectivity index (χ3v) is 3.35. The van der Waals surface area contributed by atoms with Gasteiger partial charge in [0.05, 0.1) is 19.7 Å². The number of hydrogen-bond acceptors (Lipinski definition) is 4. The maximum Gasteiger partial charge on any atom is 0.191 e. The van der Waals surface area contributed by atoms with Crippen LogP contribution in [0.2, 0.25) is 0 Å². The summed E-state index contributed by atoms with van der Waals surface area (Å²) in [5.41, 5.74) is 1.11. The van der Waals surface area contributed by atoms with E-state index in [2.05, 4.69) is 38.7 Å². The summed E-state index contributed by atoms with van der Waals surface area (Å²) in [6, 6.07) is 8.05. The molecular weight excluding hydrogens is 431 g/mol. The van der Waals surface area contributed by atoms with Crippen molar-refractivity contribution < 1.29 is 4.74 Å². The number of aryl methyl sites for hydroxylation is 1. The molecule has 2 N–H and O–H groups in total. The standard InChI is InChI=1S/C17H26N6O.HI/c1-4-9-24-15-8-6-7-14(10-15)11-19-17(18-5-2)20-12-16-21-13-22-23(16)3;/h6-8,10,13H,4-5,9,11-12H2,1-3H3,(H2,18,19,20);1H. The molecule has 25 heavy (non-hydrogen) atoms. The fourth-order valence-corrected chi connectivity index (χ4v) is 2.11. The van der Waals surface area contributed by atoms with Crippen LogP contribution in [0, 0.1) is 0 Å². The minimum Gasteiger partial charge on any atom is -0.494 e. The lowest BCUT2D eigenvalue weighted by molar-refractivity contribution is 0.317. The first-order valence-corrected chi connectivity index (χ1v) is 8.29. The van der Waals surface area contributed by atoms with Crippen molar-refractivity contribution in [1.29, 1.82) is 0 Å². The Morgan fingerprint density at radius 3 is 2.80 bits per heavy atom. The van der Waals surface area contributed by atoms with Gasteiger partial charge in [-0.05, 0) is 31.0 Å². The van der Waals surface area contributed by atoms with Crippen LogP contribution in [0.4, 0.5) is 0 Å². The molecular formula is C17H27IN6O. The Bertz CT molecular complexity index is 658. The van der Waals surface area contributed by atoms with E-state index in [9.17, 15) is 0 Å². The quantitative estimate of drug-likeness (QED) is 0.361. The number of hydrogen-bond donors (Lipinski definition) is 2. The largest absolute Gasteiger partial charge is 0.494 e. The van der Waals surface area contributed by atoms with Crippen LogP contribution in [0.15, 0.2) is 35.6 Å². The summed E-state index contributed by atoms with van der Waals surface area (Å²) in [7, 11) is 1.87. The predicted octanol–water partition coefficient (Wildman–Crippen LogP) is 2.48. The monoisotopic (exact) mass is 458 g/mol. The van der Waals surface area contributed by atoms with Crippen molar-refractivity contribution in [2.75, 3.05) is 13.2 Å². The van der Waals surface area contributed by atoms with Gasteiger partial charge < -0.3 is 15.4 Å². The molecule has 7 nitrogen and oxygen atoms in total. The SMILES string of the molecule is CCCOc1cccc(CN=C(NCC)NCc2ncnn2C)c1.I. The molecule has 1 aromatic carbocycles.